The zero-order valence-corrected chi connectivity index (χ0v) is 27.9. The minimum absolute atomic E-state index is 0.0366. The number of nitrogens with one attached hydrogen (secondary N) is 2. The Labute approximate surface area is 272 Å². The molecule has 0 aromatic heterocycles. The van der Waals surface area contributed by atoms with Gasteiger partial charge in [0.15, 0.2) is 0 Å². The summed E-state index contributed by atoms with van der Waals surface area (Å²) in [5.41, 5.74) is 2.85. The lowest BCUT2D eigenvalue weighted by atomic mass is 9.84. The number of amides is 2. The molecule has 0 saturated carbocycles. The lowest BCUT2D eigenvalue weighted by molar-refractivity contribution is -0.141. The van der Waals surface area contributed by atoms with Gasteiger partial charge in [-0.1, -0.05) is 117 Å². The van der Waals surface area contributed by atoms with Gasteiger partial charge in [0.1, 0.15) is 11.6 Å². The van der Waals surface area contributed by atoms with Crippen molar-refractivity contribution in [3.8, 4) is 0 Å². The first kappa shape index (κ1) is 35.4. The Morgan fingerprint density at radius 2 is 1.29 bits per heavy atom. The summed E-state index contributed by atoms with van der Waals surface area (Å²) in [7, 11) is 1.32. The highest BCUT2D eigenvalue weighted by molar-refractivity contribution is 8.00. The summed E-state index contributed by atoms with van der Waals surface area (Å²) in [6, 6.07) is 30.0. The fourth-order valence-corrected chi connectivity index (χ4v) is 6.45. The maximum absolute atomic E-state index is 13.3. The molecule has 0 aliphatic heterocycles. The number of methoxy groups -OCH3 is 1. The lowest BCUT2D eigenvalue weighted by Crippen LogP contribution is -2.53. The number of carbonyl (C=O) groups is 3. The van der Waals surface area contributed by atoms with Crippen LogP contribution in [0.25, 0.3) is 0 Å². The molecule has 0 spiro atoms. The second-order valence-electron chi connectivity index (χ2n) is 12.1. The maximum Gasteiger partial charge on any atom is 0.408 e. The highest BCUT2D eigenvalue weighted by atomic mass is 32.2. The summed E-state index contributed by atoms with van der Waals surface area (Å²) in [5.74, 6) is -0.293. The molecular formula is C37H46N2O5S. The Kier molecular flexibility index (Phi) is 13.3. The minimum atomic E-state index is -0.841. The summed E-state index contributed by atoms with van der Waals surface area (Å²) >= 11 is 1.84. The maximum atomic E-state index is 13.3. The van der Waals surface area contributed by atoms with Gasteiger partial charge in [-0.3, -0.25) is 9.59 Å². The highest BCUT2D eigenvalue weighted by Gasteiger charge is 2.36. The van der Waals surface area contributed by atoms with Crippen LogP contribution in [-0.2, 0) is 23.8 Å². The van der Waals surface area contributed by atoms with Gasteiger partial charge in [-0.25, -0.2) is 4.79 Å². The molecule has 0 aliphatic carbocycles. The Bertz CT molecular complexity index is 1290. The smallest absolute Gasteiger partial charge is 0.408 e. The van der Waals surface area contributed by atoms with E-state index in [0.717, 1.165) is 5.75 Å². The Morgan fingerprint density at radius 3 is 1.71 bits per heavy atom. The zero-order valence-electron chi connectivity index (χ0n) is 27.1. The quantitative estimate of drug-likeness (QED) is 0.0843. The van der Waals surface area contributed by atoms with Gasteiger partial charge in [-0.15, -0.1) is 11.8 Å². The van der Waals surface area contributed by atoms with Gasteiger partial charge in [0, 0.05) is 0 Å². The van der Waals surface area contributed by atoms with E-state index in [9.17, 15) is 14.4 Å². The lowest BCUT2D eigenvalue weighted by Gasteiger charge is -2.35. The van der Waals surface area contributed by atoms with Crippen LogP contribution in [0.3, 0.4) is 0 Å². The molecular weight excluding hydrogens is 584 g/mol. The number of hydrogen-bond acceptors (Lipinski definition) is 6. The molecule has 2 atom stereocenters. The van der Waals surface area contributed by atoms with Crippen LogP contribution in [0.2, 0.25) is 0 Å². The van der Waals surface area contributed by atoms with Crippen LogP contribution >= 0.6 is 11.8 Å². The summed E-state index contributed by atoms with van der Waals surface area (Å²) in [4.78, 5) is 37.9. The highest BCUT2D eigenvalue weighted by Crippen LogP contribution is 2.48. The summed E-state index contributed by atoms with van der Waals surface area (Å²) in [6.45, 7) is 8.95. The van der Waals surface area contributed by atoms with Gasteiger partial charge < -0.3 is 20.1 Å². The van der Waals surface area contributed by atoms with Gasteiger partial charge in [0.25, 0.3) is 0 Å². The van der Waals surface area contributed by atoms with Crippen molar-refractivity contribution in [1.82, 2.24) is 10.6 Å². The predicted molar refractivity (Wildman–Crippen MR) is 182 cm³/mol. The van der Waals surface area contributed by atoms with Crippen molar-refractivity contribution in [1.29, 1.82) is 0 Å². The molecule has 3 aromatic carbocycles. The van der Waals surface area contributed by atoms with Crippen molar-refractivity contribution < 1.29 is 23.9 Å². The van der Waals surface area contributed by atoms with Crippen LogP contribution in [0.15, 0.2) is 103 Å². The van der Waals surface area contributed by atoms with Gasteiger partial charge in [0.2, 0.25) is 5.91 Å². The third-order valence-corrected chi connectivity index (χ3v) is 8.66. The molecule has 3 aromatic rings. The van der Waals surface area contributed by atoms with E-state index in [0.29, 0.717) is 6.42 Å². The summed E-state index contributed by atoms with van der Waals surface area (Å²) in [6.07, 6.45) is 3.79. The van der Waals surface area contributed by atoms with Crippen LogP contribution in [0, 0.1) is 5.92 Å². The summed E-state index contributed by atoms with van der Waals surface area (Å²) in [5, 5.41) is 5.58. The topological polar surface area (TPSA) is 93.7 Å². The van der Waals surface area contributed by atoms with Crippen LogP contribution in [0.4, 0.5) is 4.79 Å². The van der Waals surface area contributed by atoms with Gasteiger partial charge in [-0.05, 0) is 55.6 Å². The molecule has 8 heteroatoms. The van der Waals surface area contributed by atoms with E-state index in [2.05, 4.69) is 83.4 Å². The first-order chi connectivity index (χ1) is 21.5. The van der Waals surface area contributed by atoms with Crippen molar-refractivity contribution >= 4 is 29.7 Å². The number of allylic oxidation sites excluding steroid dienone is 1. The third-order valence-electron chi connectivity index (χ3n) is 7.08. The number of esters is 1. The van der Waals surface area contributed by atoms with Crippen molar-refractivity contribution in [2.75, 3.05) is 12.9 Å². The van der Waals surface area contributed by atoms with E-state index in [1.54, 1.807) is 20.8 Å². The van der Waals surface area contributed by atoms with Crippen molar-refractivity contribution in [3.63, 3.8) is 0 Å². The molecule has 2 N–H and O–H groups in total. The predicted octanol–water partition coefficient (Wildman–Crippen LogP) is 7.26. The fraction of sp³-hybridized carbons (Fsp3) is 0.378. The van der Waals surface area contributed by atoms with E-state index >= 15 is 0 Å². The van der Waals surface area contributed by atoms with Crippen LogP contribution in [-0.4, -0.2) is 48.5 Å². The molecule has 0 radical (unpaired) electrons. The molecule has 7 nitrogen and oxygen atoms in total. The number of hydrogen-bond donors (Lipinski definition) is 2. The average molecular weight is 631 g/mol. The Morgan fingerprint density at radius 1 is 0.800 bits per heavy atom. The second-order valence-corrected chi connectivity index (χ2v) is 13.4. The number of alkyl carbamates (subject to hydrolysis) is 1. The molecule has 45 heavy (non-hydrogen) atoms. The SMILES string of the molecule is COC(=O)CC(/C=C/CCSC(c1ccccc1)(c1ccccc1)c1ccccc1)NC(=O)[C@@H](NC(=O)OC(C)(C)C)C(C)C. The summed E-state index contributed by atoms with van der Waals surface area (Å²) < 4.78 is 9.81. The fourth-order valence-electron chi connectivity index (χ4n) is 4.98. The van der Waals surface area contributed by atoms with E-state index in [1.165, 1.54) is 23.8 Å². The molecule has 0 heterocycles. The first-order valence-corrected chi connectivity index (χ1v) is 16.3. The third kappa shape index (κ3) is 10.5. The molecule has 0 saturated heterocycles. The van der Waals surface area contributed by atoms with E-state index in [4.69, 9.17) is 9.47 Å². The second kappa shape index (κ2) is 16.9. The van der Waals surface area contributed by atoms with Crippen molar-refractivity contribution in [2.24, 2.45) is 5.92 Å². The largest absolute Gasteiger partial charge is 0.469 e. The Balaban J connectivity index is 1.79. The number of benzene rings is 3. The number of thioether (sulfide) groups is 1. The van der Waals surface area contributed by atoms with Crippen LogP contribution in [0.1, 0.15) is 64.2 Å². The Hall–Kier alpha value is -4.04. The minimum Gasteiger partial charge on any atom is -0.469 e. The molecule has 2 amide bonds. The van der Waals surface area contributed by atoms with Crippen molar-refractivity contribution in [2.45, 2.75) is 69.9 Å². The van der Waals surface area contributed by atoms with Gasteiger partial charge >= 0.3 is 12.1 Å². The number of carbonyl (C=O) groups excluding carboxylic acids is 3. The van der Waals surface area contributed by atoms with E-state index in [1.807, 2.05) is 56.0 Å². The normalized spacial score (nSPS) is 13.2. The van der Waals surface area contributed by atoms with E-state index in [-0.39, 0.29) is 12.3 Å². The van der Waals surface area contributed by atoms with Gasteiger partial charge in [-0.2, -0.15) is 0 Å². The number of ether oxygens (including phenoxy) is 2. The molecule has 0 fully saturated rings. The number of rotatable bonds is 14. The first-order valence-electron chi connectivity index (χ1n) is 15.3. The monoisotopic (exact) mass is 630 g/mol. The van der Waals surface area contributed by atoms with E-state index < -0.39 is 40.4 Å². The average Bonchev–Trinajstić information content (AvgIpc) is 3.01. The van der Waals surface area contributed by atoms with Crippen LogP contribution < -0.4 is 10.6 Å². The molecule has 240 valence electrons. The van der Waals surface area contributed by atoms with Gasteiger partial charge in [0.05, 0.1) is 24.3 Å². The van der Waals surface area contributed by atoms with Crippen molar-refractivity contribution in [3.05, 3.63) is 120 Å². The molecule has 1 unspecified atom stereocenters. The standard InChI is InChI=1S/C37H46N2O5S/c1-27(2)33(39-35(42)44-36(3,4)5)34(41)38-31(26-32(40)43-6)24-16-17-25-45-37(28-18-10-7-11-19-28,29-20-12-8-13-21-29)30-22-14-9-15-23-30/h7-16,18-24,27,31,33H,17,25-26H2,1-6H3,(H,38,41)(H,39,42)/b24-16+/t31?,33-/m0/s1. The molecule has 0 aliphatic rings. The zero-order chi connectivity index (χ0) is 32.9. The molecule has 0 bridgehead atoms. The van der Waals surface area contributed by atoms with Crippen LogP contribution in [0.5, 0.6) is 0 Å². The molecule has 3 rings (SSSR count).